The summed E-state index contributed by atoms with van der Waals surface area (Å²) in [5.74, 6) is 0.244. The van der Waals surface area contributed by atoms with Gasteiger partial charge in [-0.25, -0.2) is 9.97 Å². The molecule has 0 fully saturated rings. The summed E-state index contributed by atoms with van der Waals surface area (Å²) < 4.78 is 50.6. The first-order valence-corrected chi connectivity index (χ1v) is 8.42. The third kappa shape index (κ3) is 3.47. The molecule has 140 valence electrons. The summed E-state index contributed by atoms with van der Waals surface area (Å²) >= 11 is 0. The van der Waals surface area contributed by atoms with E-state index in [4.69, 9.17) is 9.47 Å². The van der Waals surface area contributed by atoms with Gasteiger partial charge in [-0.15, -0.1) is 0 Å². The normalized spacial score (nSPS) is 14.8. The molecule has 0 radical (unpaired) electrons. The fourth-order valence-corrected chi connectivity index (χ4v) is 2.93. The van der Waals surface area contributed by atoms with Crippen LogP contribution in [0, 0.1) is 0 Å². The van der Waals surface area contributed by atoms with Gasteiger partial charge < -0.3 is 14.8 Å². The van der Waals surface area contributed by atoms with Crippen LogP contribution in [0.25, 0.3) is 10.9 Å². The molecule has 1 N–H and O–H groups in total. The Bertz CT molecular complexity index is 992. The summed E-state index contributed by atoms with van der Waals surface area (Å²) in [7, 11) is 0. The molecule has 27 heavy (non-hydrogen) atoms. The lowest BCUT2D eigenvalue weighted by Crippen LogP contribution is -2.17. The van der Waals surface area contributed by atoms with Gasteiger partial charge in [0.25, 0.3) is 0 Å². The molecule has 0 aliphatic carbocycles. The van der Waals surface area contributed by atoms with Gasteiger partial charge in [-0.05, 0) is 36.8 Å². The average Bonchev–Trinajstić information content (AvgIpc) is 2.66. The molecule has 0 spiro atoms. The molecule has 1 unspecified atom stereocenters. The molecule has 1 atom stereocenters. The van der Waals surface area contributed by atoms with E-state index in [0.29, 0.717) is 30.1 Å². The number of halogens is 3. The Morgan fingerprint density at radius 3 is 2.52 bits per heavy atom. The van der Waals surface area contributed by atoms with Gasteiger partial charge in [0.1, 0.15) is 19.0 Å². The van der Waals surface area contributed by atoms with Crippen molar-refractivity contribution in [1.82, 2.24) is 9.97 Å². The van der Waals surface area contributed by atoms with Crippen LogP contribution >= 0.6 is 0 Å². The molecule has 4 rings (SSSR count). The minimum Gasteiger partial charge on any atom is -0.486 e. The highest BCUT2D eigenvalue weighted by Gasteiger charge is 2.35. The first-order chi connectivity index (χ1) is 12.9. The van der Waals surface area contributed by atoms with Crippen molar-refractivity contribution in [3.63, 3.8) is 0 Å². The number of nitrogens with one attached hydrogen (secondary N) is 1. The number of hydrogen-bond acceptors (Lipinski definition) is 5. The lowest BCUT2D eigenvalue weighted by molar-refractivity contribution is -0.144. The third-order valence-electron chi connectivity index (χ3n) is 4.28. The zero-order chi connectivity index (χ0) is 19.0. The number of anilines is 1. The van der Waals surface area contributed by atoms with Crippen molar-refractivity contribution >= 4 is 16.7 Å². The van der Waals surface area contributed by atoms with E-state index in [-0.39, 0.29) is 17.4 Å². The van der Waals surface area contributed by atoms with Gasteiger partial charge in [0, 0.05) is 5.39 Å². The van der Waals surface area contributed by atoms with Crippen LogP contribution in [-0.2, 0) is 6.18 Å². The highest BCUT2D eigenvalue weighted by Crippen LogP contribution is 2.35. The number of ether oxygens (including phenoxy) is 2. The summed E-state index contributed by atoms with van der Waals surface area (Å²) in [6, 6.07) is 11.8. The first-order valence-electron chi connectivity index (χ1n) is 8.42. The number of nitrogens with zero attached hydrogens (tertiary/aromatic N) is 2. The maximum atomic E-state index is 13.2. The predicted octanol–water partition coefficient (Wildman–Crippen LogP) is 4.59. The average molecular weight is 375 g/mol. The van der Waals surface area contributed by atoms with Gasteiger partial charge in [-0.3, -0.25) is 0 Å². The number of aromatic nitrogens is 2. The second-order valence-electron chi connectivity index (χ2n) is 6.18. The molecule has 1 aliphatic heterocycles. The molecule has 5 nitrogen and oxygen atoms in total. The maximum Gasteiger partial charge on any atom is 0.451 e. The molecule has 2 aromatic carbocycles. The molecule has 0 bridgehead atoms. The SMILES string of the molecule is CC(Nc1nc(C(F)(F)F)nc2ccccc12)c1ccc2c(c1)OCCO2. The Balaban J connectivity index is 1.70. The van der Waals surface area contributed by atoms with Crippen LogP contribution in [0.4, 0.5) is 19.0 Å². The number of fused-ring (bicyclic) bond motifs is 2. The van der Waals surface area contributed by atoms with Crippen LogP contribution in [0.2, 0.25) is 0 Å². The largest absolute Gasteiger partial charge is 0.486 e. The number of benzene rings is 2. The van der Waals surface area contributed by atoms with E-state index in [2.05, 4.69) is 15.3 Å². The van der Waals surface area contributed by atoms with E-state index in [0.717, 1.165) is 5.56 Å². The monoisotopic (exact) mass is 375 g/mol. The van der Waals surface area contributed by atoms with Crippen LogP contribution in [0.15, 0.2) is 42.5 Å². The van der Waals surface area contributed by atoms with Gasteiger partial charge in [0.05, 0.1) is 11.6 Å². The third-order valence-corrected chi connectivity index (χ3v) is 4.28. The van der Waals surface area contributed by atoms with E-state index >= 15 is 0 Å². The smallest absolute Gasteiger partial charge is 0.451 e. The van der Waals surface area contributed by atoms with Crippen molar-refractivity contribution in [2.45, 2.75) is 19.1 Å². The summed E-state index contributed by atoms with van der Waals surface area (Å²) in [5, 5.41) is 3.60. The van der Waals surface area contributed by atoms with Crippen molar-refractivity contribution in [2.75, 3.05) is 18.5 Å². The quantitative estimate of drug-likeness (QED) is 0.726. The second kappa shape index (κ2) is 6.61. The Kier molecular flexibility index (Phi) is 4.25. The molecule has 2 heterocycles. The Labute approximate surface area is 153 Å². The molecule has 8 heteroatoms. The van der Waals surface area contributed by atoms with Crippen LogP contribution in [-0.4, -0.2) is 23.2 Å². The van der Waals surface area contributed by atoms with Gasteiger partial charge in [0.15, 0.2) is 11.5 Å². The summed E-state index contributed by atoms with van der Waals surface area (Å²) in [6.07, 6.45) is -4.62. The van der Waals surface area contributed by atoms with E-state index in [1.807, 2.05) is 19.1 Å². The molecular weight excluding hydrogens is 359 g/mol. The number of para-hydroxylation sites is 1. The minimum absolute atomic E-state index is 0.135. The van der Waals surface area contributed by atoms with Gasteiger partial charge in [-0.1, -0.05) is 18.2 Å². The summed E-state index contributed by atoms with van der Waals surface area (Å²) in [5.41, 5.74) is 1.08. The highest BCUT2D eigenvalue weighted by molar-refractivity contribution is 5.89. The minimum atomic E-state index is -4.62. The molecule has 1 aliphatic rings. The molecule has 0 saturated heterocycles. The Hall–Kier alpha value is -3.03. The summed E-state index contributed by atoms with van der Waals surface area (Å²) in [6.45, 7) is 2.80. The molecule has 0 saturated carbocycles. The Morgan fingerprint density at radius 1 is 1.00 bits per heavy atom. The predicted molar refractivity (Wildman–Crippen MR) is 94.0 cm³/mol. The molecular formula is C19H16F3N3O2. The van der Waals surface area contributed by atoms with Gasteiger partial charge in [-0.2, -0.15) is 13.2 Å². The number of alkyl halides is 3. The van der Waals surface area contributed by atoms with E-state index < -0.39 is 12.0 Å². The standard InChI is InChI=1S/C19H16F3N3O2/c1-11(12-6-7-15-16(10-12)27-9-8-26-15)23-17-13-4-2-3-5-14(13)24-18(25-17)19(20,21)22/h2-7,10-11H,8-9H2,1H3,(H,23,24,25). The van der Waals surface area contributed by atoms with Gasteiger partial charge in [0.2, 0.25) is 5.82 Å². The van der Waals surface area contributed by atoms with Gasteiger partial charge >= 0.3 is 6.18 Å². The van der Waals surface area contributed by atoms with Crippen LogP contribution in [0.3, 0.4) is 0 Å². The zero-order valence-corrected chi connectivity index (χ0v) is 14.4. The van der Waals surface area contributed by atoms with Crippen LogP contribution in [0.5, 0.6) is 11.5 Å². The van der Waals surface area contributed by atoms with E-state index in [1.165, 1.54) is 6.07 Å². The Morgan fingerprint density at radius 2 is 1.74 bits per heavy atom. The van der Waals surface area contributed by atoms with Crippen molar-refractivity contribution in [3.8, 4) is 11.5 Å². The fraction of sp³-hybridized carbons (Fsp3) is 0.263. The summed E-state index contributed by atoms with van der Waals surface area (Å²) in [4.78, 5) is 7.35. The second-order valence-corrected chi connectivity index (χ2v) is 6.18. The van der Waals surface area contributed by atoms with E-state index in [9.17, 15) is 13.2 Å². The van der Waals surface area contributed by atoms with Crippen molar-refractivity contribution < 1.29 is 22.6 Å². The van der Waals surface area contributed by atoms with Crippen molar-refractivity contribution in [3.05, 3.63) is 53.9 Å². The van der Waals surface area contributed by atoms with Crippen molar-refractivity contribution in [1.29, 1.82) is 0 Å². The number of hydrogen-bond donors (Lipinski definition) is 1. The lowest BCUT2D eigenvalue weighted by Gasteiger charge is -2.22. The van der Waals surface area contributed by atoms with Crippen LogP contribution in [0.1, 0.15) is 24.4 Å². The lowest BCUT2D eigenvalue weighted by atomic mass is 10.1. The highest BCUT2D eigenvalue weighted by atomic mass is 19.4. The van der Waals surface area contributed by atoms with Crippen molar-refractivity contribution in [2.24, 2.45) is 0 Å². The maximum absolute atomic E-state index is 13.2. The first kappa shape index (κ1) is 17.4. The van der Waals surface area contributed by atoms with Crippen LogP contribution < -0.4 is 14.8 Å². The fourth-order valence-electron chi connectivity index (χ4n) is 2.93. The zero-order valence-electron chi connectivity index (χ0n) is 14.4. The molecule has 3 aromatic rings. The molecule has 0 amide bonds. The topological polar surface area (TPSA) is 56.3 Å². The molecule has 1 aromatic heterocycles. The number of rotatable bonds is 3. The van der Waals surface area contributed by atoms with E-state index in [1.54, 1.807) is 24.3 Å².